The zero-order chi connectivity index (χ0) is 14.6. The van der Waals surface area contributed by atoms with Gasteiger partial charge in [-0.25, -0.2) is 8.42 Å². The lowest BCUT2D eigenvalue weighted by atomic mass is 9.84. The van der Waals surface area contributed by atoms with Crippen LogP contribution in [-0.2, 0) is 9.84 Å². The predicted octanol–water partition coefficient (Wildman–Crippen LogP) is 1.81. The summed E-state index contributed by atoms with van der Waals surface area (Å²) in [6.45, 7) is 5.44. The summed E-state index contributed by atoms with van der Waals surface area (Å²) in [5, 5.41) is 3.61. The minimum Gasteiger partial charge on any atom is -0.312 e. The average Bonchev–Trinajstić information content (AvgIpc) is 3.03. The van der Waals surface area contributed by atoms with Crippen LogP contribution in [0.15, 0.2) is 0 Å². The van der Waals surface area contributed by atoms with Gasteiger partial charge in [0.05, 0.1) is 5.75 Å². The summed E-state index contributed by atoms with van der Waals surface area (Å²) in [4.78, 5) is 2.66. The van der Waals surface area contributed by atoms with Crippen LogP contribution >= 0.6 is 0 Å². The fraction of sp³-hybridized carbons (Fsp3) is 1.00. The van der Waals surface area contributed by atoms with Crippen LogP contribution in [0.1, 0.15) is 51.9 Å². The van der Waals surface area contributed by atoms with Crippen LogP contribution in [0, 0.1) is 0 Å². The molecule has 5 heteroatoms. The number of sulfone groups is 1. The van der Waals surface area contributed by atoms with Crippen molar-refractivity contribution in [2.75, 3.05) is 31.6 Å². The number of nitrogens with one attached hydrogen (secondary N) is 1. The number of hydrogen-bond donors (Lipinski definition) is 1. The SMILES string of the molecule is CCNC(CCS(C)(=O)=O)C1(N2CCCC2)CCCC1. The average molecular weight is 302 g/mol. The van der Waals surface area contributed by atoms with E-state index in [0.29, 0.717) is 11.8 Å². The van der Waals surface area contributed by atoms with Gasteiger partial charge in [0.25, 0.3) is 0 Å². The highest BCUT2D eigenvalue weighted by molar-refractivity contribution is 7.90. The first-order valence-corrected chi connectivity index (χ1v) is 10.2. The van der Waals surface area contributed by atoms with Crippen LogP contribution in [0.5, 0.6) is 0 Å². The van der Waals surface area contributed by atoms with Gasteiger partial charge < -0.3 is 5.32 Å². The van der Waals surface area contributed by atoms with E-state index in [1.807, 2.05) is 0 Å². The lowest BCUT2D eigenvalue weighted by molar-refractivity contribution is 0.0759. The van der Waals surface area contributed by atoms with Gasteiger partial charge >= 0.3 is 0 Å². The van der Waals surface area contributed by atoms with Crippen molar-refractivity contribution in [2.24, 2.45) is 0 Å². The molecule has 2 fully saturated rings. The topological polar surface area (TPSA) is 49.4 Å². The van der Waals surface area contributed by atoms with E-state index in [2.05, 4.69) is 17.1 Å². The Balaban J connectivity index is 2.13. The van der Waals surface area contributed by atoms with E-state index in [9.17, 15) is 8.42 Å². The first-order chi connectivity index (χ1) is 9.48. The molecule has 0 spiro atoms. The fourth-order valence-corrected chi connectivity index (χ4v) is 4.84. The minimum absolute atomic E-state index is 0.219. The molecule has 1 aliphatic carbocycles. The second-order valence-corrected chi connectivity index (χ2v) is 8.79. The molecule has 0 radical (unpaired) electrons. The van der Waals surface area contributed by atoms with E-state index in [-0.39, 0.29) is 5.54 Å². The standard InChI is InChI=1S/C15H30N2O2S/c1-3-16-14(8-13-20(2,18)19)15(9-4-5-10-15)17-11-6-7-12-17/h14,16H,3-13H2,1-2H3. The van der Waals surface area contributed by atoms with Crippen LogP contribution in [0.4, 0.5) is 0 Å². The summed E-state index contributed by atoms with van der Waals surface area (Å²) in [6, 6.07) is 0.322. The molecule has 1 N–H and O–H groups in total. The molecule has 0 amide bonds. The molecule has 2 aliphatic rings. The Morgan fingerprint density at radius 2 is 1.75 bits per heavy atom. The van der Waals surface area contributed by atoms with E-state index in [1.54, 1.807) is 0 Å². The maximum atomic E-state index is 11.5. The van der Waals surface area contributed by atoms with Crippen LogP contribution in [0.3, 0.4) is 0 Å². The third-order valence-electron chi connectivity index (χ3n) is 5.08. The molecule has 0 aromatic rings. The van der Waals surface area contributed by atoms with Crippen LogP contribution in [-0.4, -0.2) is 56.5 Å². The molecule has 1 heterocycles. The maximum Gasteiger partial charge on any atom is 0.147 e. The predicted molar refractivity (Wildman–Crippen MR) is 83.8 cm³/mol. The summed E-state index contributed by atoms with van der Waals surface area (Å²) in [5.41, 5.74) is 0.219. The van der Waals surface area contributed by atoms with Crippen molar-refractivity contribution in [3.63, 3.8) is 0 Å². The van der Waals surface area contributed by atoms with Gasteiger partial charge in [-0.05, 0) is 51.7 Å². The van der Waals surface area contributed by atoms with Crippen LogP contribution < -0.4 is 5.32 Å². The third kappa shape index (κ3) is 3.74. The maximum absolute atomic E-state index is 11.5. The highest BCUT2D eigenvalue weighted by atomic mass is 32.2. The lowest BCUT2D eigenvalue weighted by Crippen LogP contribution is -2.59. The zero-order valence-corrected chi connectivity index (χ0v) is 13.8. The number of likely N-dealkylation sites (N-methyl/N-ethyl adjacent to an activating group) is 1. The van der Waals surface area contributed by atoms with Crippen molar-refractivity contribution < 1.29 is 8.42 Å². The molecule has 1 aliphatic heterocycles. The summed E-state index contributed by atoms with van der Waals surface area (Å²) in [6.07, 6.45) is 9.74. The van der Waals surface area contributed by atoms with E-state index in [0.717, 1.165) is 13.0 Å². The Morgan fingerprint density at radius 1 is 1.15 bits per heavy atom. The quantitative estimate of drug-likeness (QED) is 0.779. The second-order valence-electron chi connectivity index (χ2n) is 6.53. The Morgan fingerprint density at radius 3 is 2.25 bits per heavy atom. The molecule has 20 heavy (non-hydrogen) atoms. The summed E-state index contributed by atoms with van der Waals surface area (Å²) in [5.74, 6) is 0.306. The summed E-state index contributed by atoms with van der Waals surface area (Å²) < 4.78 is 23.1. The molecule has 1 saturated heterocycles. The Labute approximate surface area is 124 Å². The van der Waals surface area contributed by atoms with Crippen molar-refractivity contribution >= 4 is 9.84 Å². The van der Waals surface area contributed by atoms with Gasteiger partial charge in [0.1, 0.15) is 9.84 Å². The largest absolute Gasteiger partial charge is 0.312 e. The number of rotatable bonds is 7. The summed E-state index contributed by atoms with van der Waals surface area (Å²) >= 11 is 0. The molecule has 0 aromatic carbocycles. The molecule has 2 rings (SSSR count). The van der Waals surface area contributed by atoms with Gasteiger partial charge in [0, 0.05) is 17.8 Å². The molecule has 1 atom stereocenters. The second kappa shape index (κ2) is 6.75. The highest BCUT2D eigenvalue weighted by Gasteiger charge is 2.46. The molecule has 4 nitrogen and oxygen atoms in total. The molecule has 1 saturated carbocycles. The first-order valence-electron chi connectivity index (χ1n) is 8.14. The van der Waals surface area contributed by atoms with E-state index >= 15 is 0 Å². The fourth-order valence-electron chi connectivity index (χ4n) is 4.17. The van der Waals surface area contributed by atoms with Gasteiger partial charge in [-0.3, -0.25) is 4.90 Å². The van der Waals surface area contributed by atoms with E-state index < -0.39 is 9.84 Å². The molecule has 0 bridgehead atoms. The minimum atomic E-state index is -2.88. The number of nitrogens with zero attached hydrogens (tertiary/aromatic N) is 1. The van der Waals surface area contributed by atoms with Crippen molar-refractivity contribution in [1.29, 1.82) is 0 Å². The lowest BCUT2D eigenvalue weighted by Gasteiger charge is -2.45. The Kier molecular flexibility index (Phi) is 5.49. The van der Waals surface area contributed by atoms with Crippen molar-refractivity contribution in [3.8, 4) is 0 Å². The molecule has 0 aromatic heterocycles. The van der Waals surface area contributed by atoms with Crippen molar-refractivity contribution in [3.05, 3.63) is 0 Å². The molecular weight excluding hydrogens is 272 g/mol. The Bertz CT molecular complexity index is 396. The van der Waals surface area contributed by atoms with Gasteiger partial charge in [-0.1, -0.05) is 19.8 Å². The number of hydrogen-bond acceptors (Lipinski definition) is 4. The van der Waals surface area contributed by atoms with Crippen molar-refractivity contribution in [1.82, 2.24) is 10.2 Å². The molecule has 118 valence electrons. The monoisotopic (exact) mass is 302 g/mol. The summed E-state index contributed by atoms with van der Waals surface area (Å²) in [7, 11) is -2.88. The highest BCUT2D eigenvalue weighted by Crippen LogP contribution is 2.41. The van der Waals surface area contributed by atoms with Gasteiger partial charge in [-0.2, -0.15) is 0 Å². The van der Waals surface area contributed by atoms with Gasteiger partial charge in [-0.15, -0.1) is 0 Å². The van der Waals surface area contributed by atoms with Crippen LogP contribution in [0.25, 0.3) is 0 Å². The van der Waals surface area contributed by atoms with Gasteiger partial charge in [0.2, 0.25) is 0 Å². The smallest absolute Gasteiger partial charge is 0.147 e. The number of likely N-dealkylation sites (tertiary alicyclic amines) is 1. The molecular formula is C15H30N2O2S. The molecule has 1 unspecified atom stereocenters. The normalized spacial score (nSPS) is 25.1. The third-order valence-corrected chi connectivity index (χ3v) is 6.06. The first kappa shape index (κ1) is 16.2. The Hall–Kier alpha value is -0.130. The van der Waals surface area contributed by atoms with E-state index in [1.165, 1.54) is 57.9 Å². The van der Waals surface area contributed by atoms with Gasteiger partial charge in [0.15, 0.2) is 0 Å². The zero-order valence-electron chi connectivity index (χ0n) is 13.0. The van der Waals surface area contributed by atoms with Crippen LogP contribution in [0.2, 0.25) is 0 Å². The van der Waals surface area contributed by atoms with Crippen molar-refractivity contribution in [2.45, 2.75) is 63.5 Å². The van der Waals surface area contributed by atoms with E-state index in [4.69, 9.17) is 0 Å².